The summed E-state index contributed by atoms with van der Waals surface area (Å²) in [5.74, 6) is 0.381. The van der Waals surface area contributed by atoms with E-state index in [1.54, 1.807) is 0 Å². The molecule has 0 fully saturated rings. The molecular weight excluding hydrogens is 176 g/mol. The minimum absolute atomic E-state index is 0.381. The van der Waals surface area contributed by atoms with Crippen molar-refractivity contribution in [3.8, 4) is 0 Å². The summed E-state index contributed by atoms with van der Waals surface area (Å²) >= 11 is 5.83. The molecule has 1 aliphatic carbocycles. The van der Waals surface area contributed by atoms with Gasteiger partial charge in [-0.05, 0) is 18.8 Å². The first-order valence-corrected chi connectivity index (χ1v) is 4.24. The van der Waals surface area contributed by atoms with Gasteiger partial charge in [-0.15, -0.1) is 0 Å². The lowest BCUT2D eigenvalue weighted by Gasteiger charge is -2.20. The number of aliphatic hydroxyl groups excluding tert-OH is 1. The Hall–Kier alpha value is -0.760. The van der Waals surface area contributed by atoms with Gasteiger partial charge in [-0.2, -0.15) is 0 Å². The molecule has 12 heavy (non-hydrogen) atoms. The summed E-state index contributed by atoms with van der Waals surface area (Å²) in [7, 11) is 0. The number of hydrogen-bond donors (Lipinski definition) is 1. The number of aldehydes is 1. The molecule has 2 nitrogen and oxygen atoms in total. The van der Waals surface area contributed by atoms with Gasteiger partial charge in [0.05, 0.1) is 11.3 Å². The largest absolute Gasteiger partial charge is 0.515 e. The molecule has 1 atom stereocenters. The maximum absolute atomic E-state index is 10.5. The molecular formula is C9H11ClO2. The van der Waals surface area contributed by atoms with E-state index < -0.39 is 0 Å². The quantitative estimate of drug-likeness (QED) is 0.505. The number of hydrogen-bond acceptors (Lipinski definition) is 2. The highest BCUT2D eigenvalue weighted by Crippen LogP contribution is 2.34. The van der Waals surface area contributed by atoms with Crippen LogP contribution < -0.4 is 0 Å². The number of carbonyl (C=O) groups is 1. The van der Waals surface area contributed by atoms with Crippen LogP contribution in [0.4, 0.5) is 0 Å². The van der Waals surface area contributed by atoms with Crippen molar-refractivity contribution in [1.82, 2.24) is 0 Å². The molecule has 66 valence electrons. The van der Waals surface area contributed by atoms with Crippen LogP contribution in [0.3, 0.4) is 0 Å². The Morgan fingerprint density at radius 3 is 2.75 bits per heavy atom. The van der Waals surface area contributed by atoms with Crippen molar-refractivity contribution in [1.29, 1.82) is 0 Å². The third-order valence-electron chi connectivity index (χ3n) is 2.00. The van der Waals surface area contributed by atoms with Gasteiger partial charge in [0.15, 0.2) is 0 Å². The fourth-order valence-electron chi connectivity index (χ4n) is 1.42. The van der Waals surface area contributed by atoms with Gasteiger partial charge in [-0.1, -0.05) is 18.5 Å². The summed E-state index contributed by atoms with van der Waals surface area (Å²) in [6.45, 7) is 2.02. The summed E-state index contributed by atoms with van der Waals surface area (Å²) in [5.41, 5.74) is 1.26. The van der Waals surface area contributed by atoms with Crippen LogP contribution in [0.2, 0.25) is 0 Å². The number of aliphatic hydroxyl groups is 1. The Balaban J connectivity index is 3.01. The lowest BCUT2D eigenvalue weighted by molar-refractivity contribution is -0.105. The van der Waals surface area contributed by atoms with Crippen LogP contribution in [0.15, 0.2) is 22.4 Å². The summed E-state index contributed by atoms with van der Waals surface area (Å²) in [4.78, 5) is 10.5. The van der Waals surface area contributed by atoms with E-state index in [1.807, 2.05) is 6.92 Å². The normalized spacial score (nSPS) is 27.8. The highest BCUT2D eigenvalue weighted by Gasteiger charge is 2.20. The van der Waals surface area contributed by atoms with Gasteiger partial charge >= 0.3 is 0 Å². The van der Waals surface area contributed by atoms with Gasteiger partial charge in [-0.25, -0.2) is 0 Å². The van der Waals surface area contributed by atoms with Gasteiger partial charge in [-0.3, -0.25) is 4.79 Å². The van der Waals surface area contributed by atoms with Crippen LogP contribution in [0.25, 0.3) is 0 Å². The van der Waals surface area contributed by atoms with Gasteiger partial charge in [0.1, 0.15) is 6.29 Å². The minimum Gasteiger partial charge on any atom is -0.515 e. The van der Waals surface area contributed by atoms with E-state index >= 15 is 0 Å². The first-order chi connectivity index (χ1) is 5.69. The summed E-state index contributed by atoms with van der Waals surface area (Å²) in [6.07, 6.45) is 3.20. The highest BCUT2D eigenvalue weighted by molar-refractivity contribution is 6.33. The Kier molecular flexibility index (Phi) is 2.93. The van der Waals surface area contributed by atoms with Crippen molar-refractivity contribution in [3.63, 3.8) is 0 Å². The molecule has 0 amide bonds. The van der Waals surface area contributed by atoms with Crippen LogP contribution >= 0.6 is 11.6 Å². The van der Waals surface area contributed by atoms with Gasteiger partial charge in [0.2, 0.25) is 0 Å². The number of allylic oxidation sites excluding steroid dienone is 3. The minimum atomic E-state index is 0.381. The van der Waals surface area contributed by atoms with E-state index in [2.05, 4.69) is 0 Å². The lowest BCUT2D eigenvalue weighted by Crippen LogP contribution is -2.08. The smallest absolute Gasteiger partial charge is 0.147 e. The average molecular weight is 187 g/mol. The van der Waals surface area contributed by atoms with Crippen molar-refractivity contribution >= 4 is 17.9 Å². The molecule has 1 rings (SSSR count). The molecule has 0 aliphatic heterocycles. The van der Waals surface area contributed by atoms with E-state index in [0.717, 1.165) is 19.0 Å². The zero-order valence-corrected chi connectivity index (χ0v) is 7.64. The Bertz CT molecular complexity index is 253. The van der Waals surface area contributed by atoms with Crippen LogP contribution in [-0.4, -0.2) is 11.4 Å². The van der Waals surface area contributed by atoms with Crippen LogP contribution in [-0.2, 0) is 4.79 Å². The molecule has 1 N–H and O–H groups in total. The average Bonchev–Trinajstić information content (AvgIpc) is 2.08. The van der Waals surface area contributed by atoms with Crippen LogP contribution in [0.1, 0.15) is 19.8 Å². The molecule has 0 aromatic carbocycles. The van der Waals surface area contributed by atoms with Crippen LogP contribution in [0.5, 0.6) is 0 Å². The van der Waals surface area contributed by atoms with Gasteiger partial charge in [0, 0.05) is 11.1 Å². The molecule has 0 radical (unpaired) electrons. The fraction of sp³-hybridized carbons (Fsp3) is 0.444. The molecule has 0 heterocycles. The second kappa shape index (κ2) is 3.76. The van der Waals surface area contributed by atoms with E-state index in [9.17, 15) is 4.79 Å². The molecule has 0 bridgehead atoms. The van der Waals surface area contributed by atoms with Crippen molar-refractivity contribution < 1.29 is 9.90 Å². The number of rotatable bonds is 1. The fourth-order valence-corrected chi connectivity index (χ4v) is 1.67. The molecule has 0 aromatic rings. The van der Waals surface area contributed by atoms with Crippen molar-refractivity contribution in [2.75, 3.05) is 0 Å². The summed E-state index contributed by atoms with van der Waals surface area (Å²) < 4.78 is 0. The standard InChI is InChI=1S/C9H11ClO2/c1-6-2-7(4-11)9(10)8(3-6)5-12/h4-6,11H,2-3H2,1H3/b7-4-. The Morgan fingerprint density at radius 2 is 2.25 bits per heavy atom. The van der Waals surface area contributed by atoms with E-state index in [4.69, 9.17) is 16.7 Å². The van der Waals surface area contributed by atoms with Gasteiger partial charge < -0.3 is 5.11 Å². The van der Waals surface area contributed by atoms with Crippen molar-refractivity contribution in [3.05, 3.63) is 22.4 Å². The first-order valence-electron chi connectivity index (χ1n) is 3.86. The number of carbonyl (C=O) groups excluding carboxylic acids is 1. The first kappa shape index (κ1) is 9.33. The molecule has 0 saturated heterocycles. The highest BCUT2D eigenvalue weighted by atomic mass is 35.5. The third kappa shape index (κ3) is 1.69. The van der Waals surface area contributed by atoms with E-state index in [-0.39, 0.29) is 0 Å². The molecule has 0 aromatic heterocycles. The Morgan fingerprint density at radius 1 is 1.58 bits per heavy atom. The zero-order chi connectivity index (χ0) is 9.14. The molecule has 1 unspecified atom stereocenters. The van der Waals surface area contributed by atoms with Crippen molar-refractivity contribution in [2.45, 2.75) is 19.8 Å². The van der Waals surface area contributed by atoms with Crippen molar-refractivity contribution in [2.24, 2.45) is 5.92 Å². The van der Waals surface area contributed by atoms with Gasteiger partial charge in [0.25, 0.3) is 0 Å². The second-order valence-corrected chi connectivity index (χ2v) is 3.50. The molecule has 0 spiro atoms. The summed E-state index contributed by atoms with van der Waals surface area (Å²) in [6, 6.07) is 0. The monoisotopic (exact) mass is 186 g/mol. The zero-order valence-electron chi connectivity index (χ0n) is 6.88. The maximum atomic E-state index is 10.5. The topological polar surface area (TPSA) is 37.3 Å². The lowest BCUT2D eigenvalue weighted by atomic mass is 9.88. The van der Waals surface area contributed by atoms with Crippen LogP contribution in [0, 0.1) is 5.92 Å². The van der Waals surface area contributed by atoms with E-state index in [1.165, 1.54) is 0 Å². The maximum Gasteiger partial charge on any atom is 0.147 e. The SMILES string of the molecule is CC1CC(C=O)=C(Cl)/C(=C\O)C1. The molecule has 1 aliphatic rings. The predicted octanol–water partition coefficient (Wildman–Crippen LogP) is 2.55. The summed E-state index contributed by atoms with van der Waals surface area (Å²) in [5, 5.41) is 9.22. The molecule has 3 heteroatoms. The van der Waals surface area contributed by atoms with E-state index in [0.29, 0.717) is 28.5 Å². The Labute approximate surface area is 76.5 Å². The second-order valence-electron chi connectivity index (χ2n) is 3.12. The molecule has 0 saturated carbocycles. The number of halogens is 1. The third-order valence-corrected chi connectivity index (χ3v) is 2.48. The predicted molar refractivity (Wildman–Crippen MR) is 48.1 cm³/mol.